The van der Waals surface area contributed by atoms with E-state index in [4.69, 9.17) is 5.73 Å². The topological polar surface area (TPSA) is 64.2 Å². The van der Waals surface area contributed by atoms with Crippen LogP contribution in [0.5, 0.6) is 0 Å². The highest BCUT2D eigenvalue weighted by Crippen LogP contribution is 2.36. The second-order valence-corrected chi connectivity index (χ2v) is 6.85. The smallest absolute Gasteiger partial charge is 0.272 e. The van der Waals surface area contributed by atoms with Crippen molar-refractivity contribution >= 4 is 5.91 Å². The third kappa shape index (κ3) is 2.60. The van der Waals surface area contributed by atoms with Crippen LogP contribution in [0.15, 0.2) is 36.8 Å². The molecule has 1 aromatic carbocycles. The van der Waals surface area contributed by atoms with E-state index >= 15 is 0 Å². The van der Waals surface area contributed by atoms with Crippen molar-refractivity contribution < 1.29 is 9.18 Å². The van der Waals surface area contributed by atoms with E-state index in [-0.39, 0.29) is 17.8 Å². The van der Waals surface area contributed by atoms with Gasteiger partial charge in [-0.3, -0.25) is 9.36 Å². The molecule has 1 amide bonds. The van der Waals surface area contributed by atoms with Crippen LogP contribution in [0.25, 0.3) is 5.69 Å². The highest BCUT2D eigenvalue weighted by atomic mass is 19.1. The molecule has 0 bridgehead atoms. The maximum absolute atomic E-state index is 13.1. The van der Waals surface area contributed by atoms with Gasteiger partial charge in [0.2, 0.25) is 0 Å². The number of rotatable bonds is 2. The number of halogens is 1. The van der Waals surface area contributed by atoms with Gasteiger partial charge in [-0.25, -0.2) is 9.37 Å². The highest BCUT2D eigenvalue weighted by Gasteiger charge is 2.41. The first-order valence-electron chi connectivity index (χ1n) is 8.46. The summed E-state index contributed by atoms with van der Waals surface area (Å²) < 4.78 is 14.8. The lowest BCUT2D eigenvalue weighted by Crippen LogP contribution is -2.38. The molecule has 2 aromatic rings. The van der Waals surface area contributed by atoms with Gasteiger partial charge in [0, 0.05) is 24.8 Å². The number of imidazole rings is 1. The van der Waals surface area contributed by atoms with Gasteiger partial charge in [-0.2, -0.15) is 0 Å². The van der Waals surface area contributed by atoms with Crippen molar-refractivity contribution in [3.8, 4) is 5.69 Å². The Kier molecular flexibility index (Phi) is 3.84. The van der Waals surface area contributed by atoms with Gasteiger partial charge in [0.1, 0.15) is 11.5 Å². The van der Waals surface area contributed by atoms with Crippen LogP contribution in [0.1, 0.15) is 29.8 Å². The maximum atomic E-state index is 13.1. The minimum absolute atomic E-state index is 0.0292. The van der Waals surface area contributed by atoms with Gasteiger partial charge in [0.15, 0.2) is 0 Å². The molecular formula is C18H21FN4O. The lowest BCUT2D eigenvalue weighted by Gasteiger charge is -2.29. The standard InChI is InChI=1S/C18H21FN4O/c19-13-4-6-14(7-5-13)23-11-21-8-17(23)18(24)22-9-12-2-1-3-16(20)15(12)10-22/h4-8,11-12,15-16H,1-3,9-10,20H2. The fourth-order valence-corrected chi connectivity index (χ4v) is 4.11. The summed E-state index contributed by atoms with van der Waals surface area (Å²) in [5, 5.41) is 0. The fourth-order valence-electron chi connectivity index (χ4n) is 4.11. The molecular weight excluding hydrogens is 307 g/mol. The van der Waals surface area contributed by atoms with Crippen LogP contribution < -0.4 is 5.73 Å². The number of aromatic nitrogens is 2. The van der Waals surface area contributed by atoms with Crippen LogP contribution in [0.4, 0.5) is 4.39 Å². The molecule has 1 saturated carbocycles. The molecule has 0 radical (unpaired) electrons. The first-order valence-corrected chi connectivity index (χ1v) is 8.46. The minimum atomic E-state index is -0.302. The molecule has 2 N–H and O–H groups in total. The average Bonchev–Trinajstić information content (AvgIpc) is 3.22. The van der Waals surface area contributed by atoms with E-state index in [1.807, 2.05) is 4.90 Å². The quantitative estimate of drug-likeness (QED) is 0.919. The summed E-state index contributed by atoms with van der Waals surface area (Å²) in [6, 6.07) is 6.25. The molecule has 1 saturated heterocycles. The Labute approximate surface area is 140 Å². The van der Waals surface area contributed by atoms with Crippen molar-refractivity contribution in [2.75, 3.05) is 13.1 Å². The summed E-state index contributed by atoms with van der Waals surface area (Å²) >= 11 is 0. The summed E-state index contributed by atoms with van der Waals surface area (Å²) in [4.78, 5) is 19.0. The summed E-state index contributed by atoms with van der Waals surface area (Å²) in [5.41, 5.74) is 7.48. The summed E-state index contributed by atoms with van der Waals surface area (Å²) in [6.07, 6.45) is 6.52. The predicted molar refractivity (Wildman–Crippen MR) is 88.2 cm³/mol. The number of amides is 1. The van der Waals surface area contributed by atoms with E-state index in [2.05, 4.69) is 4.98 Å². The molecule has 2 fully saturated rings. The van der Waals surface area contributed by atoms with Gasteiger partial charge >= 0.3 is 0 Å². The SMILES string of the molecule is NC1CCCC2CN(C(=O)c3cncn3-c3ccc(F)cc3)CC12. The Morgan fingerprint density at radius 3 is 2.75 bits per heavy atom. The third-order valence-electron chi connectivity index (χ3n) is 5.40. The Hall–Kier alpha value is -2.21. The maximum Gasteiger partial charge on any atom is 0.272 e. The summed E-state index contributed by atoms with van der Waals surface area (Å²) in [6.45, 7) is 1.49. The Balaban J connectivity index is 1.58. The lowest BCUT2D eigenvalue weighted by molar-refractivity contribution is 0.0775. The van der Waals surface area contributed by atoms with E-state index in [1.54, 1.807) is 29.2 Å². The summed E-state index contributed by atoms with van der Waals surface area (Å²) in [7, 11) is 0. The van der Waals surface area contributed by atoms with Crippen molar-refractivity contribution in [1.29, 1.82) is 0 Å². The first kappa shape index (κ1) is 15.3. The number of carbonyl (C=O) groups excluding carboxylic acids is 1. The molecule has 5 nitrogen and oxygen atoms in total. The molecule has 1 aromatic heterocycles. The number of benzene rings is 1. The zero-order chi connectivity index (χ0) is 16.7. The third-order valence-corrected chi connectivity index (χ3v) is 5.40. The number of hydrogen-bond donors (Lipinski definition) is 1. The van der Waals surface area contributed by atoms with Crippen molar-refractivity contribution in [1.82, 2.24) is 14.5 Å². The van der Waals surface area contributed by atoms with Gasteiger partial charge in [0.05, 0.1) is 12.5 Å². The van der Waals surface area contributed by atoms with Crippen LogP contribution in [-0.2, 0) is 0 Å². The minimum Gasteiger partial charge on any atom is -0.337 e. The van der Waals surface area contributed by atoms with Gasteiger partial charge in [0.25, 0.3) is 5.91 Å². The van der Waals surface area contributed by atoms with Crippen molar-refractivity contribution in [2.45, 2.75) is 25.3 Å². The van der Waals surface area contributed by atoms with Gasteiger partial charge < -0.3 is 10.6 Å². The van der Waals surface area contributed by atoms with E-state index < -0.39 is 0 Å². The Morgan fingerprint density at radius 2 is 2.00 bits per heavy atom. The van der Waals surface area contributed by atoms with E-state index in [0.29, 0.717) is 17.5 Å². The zero-order valence-electron chi connectivity index (χ0n) is 13.4. The molecule has 1 aliphatic heterocycles. The second kappa shape index (κ2) is 6.02. The number of fused-ring (bicyclic) bond motifs is 1. The normalized spacial score (nSPS) is 26.4. The molecule has 3 atom stereocenters. The van der Waals surface area contributed by atoms with Crippen molar-refractivity contribution in [3.63, 3.8) is 0 Å². The van der Waals surface area contributed by atoms with Gasteiger partial charge in [-0.15, -0.1) is 0 Å². The molecule has 0 spiro atoms. The monoisotopic (exact) mass is 328 g/mol. The van der Waals surface area contributed by atoms with E-state index in [1.165, 1.54) is 12.1 Å². The van der Waals surface area contributed by atoms with Crippen molar-refractivity contribution in [2.24, 2.45) is 17.6 Å². The number of likely N-dealkylation sites (tertiary alicyclic amines) is 1. The Bertz CT molecular complexity index is 742. The van der Waals surface area contributed by atoms with Crippen molar-refractivity contribution in [3.05, 3.63) is 48.3 Å². The molecule has 6 heteroatoms. The first-order chi connectivity index (χ1) is 11.6. The highest BCUT2D eigenvalue weighted by molar-refractivity contribution is 5.93. The number of nitrogens with two attached hydrogens (primary N) is 1. The van der Waals surface area contributed by atoms with Crippen LogP contribution >= 0.6 is 0 Å². The number of nitrogens with zero attached hydrogens (tertiary/aromatic N) is 3. The molecule has 4 rings (SSSR count). The van der Waals surface area contributed by atoms with Crippen LogP contribution in [0, 0.1) is 17.7 Å². The van der Waals surface area contributed by atoms with Crippen LogP contribution in [0.3, 0.4) is 0 Å². The molecule has 3 unspecified atom stereocenters. The Morgan fingerprint density at radius 1 is 1.21 bits per heavy atom. The van der Waals surface area contributed by atoms with Crippen LogP contribution in [-0.4, -0.2) is 39.5 Å². The molecule has 1 aliphatic carbocycles. The van der Waals surface area contributed by atoms with Gasteiger partial charge in [-0.1, -0.05) is 6.42 Å². The fraction of sp³-hybridized carbons (Fsp3) is 0.444. The molecule has 2 aliphatic rings. The van der Waals surface area contributed by atoms with E-state index in [0.717, 1.165) is 38.0 Å². The zero-order valence-corrected chi connectivity index (χ0v) is 13.4. The largest absolute Gasteiger partial charge is 0.337 e. The number of hydrogen-bond acceptors (Lipinski definition) is 3. The second-order valence-electron chi connectivity index (χ2n) is 6.85. The predicted octanol–water partition coefficient (Wildman–Crippen LogP) is 2.21. The summed E-state index contributed by atoms with van der Waals surface area (Å²) in [5.74, 6) is 0.590. The number of carbonyl (C=O) groups is 1. The molecule has 24 heavy (non-hydrogen) atoms. The van der Waals surface area contributed by atoms with Crippen LogP contribution in [0.2, 0.25) is 0 Å². The average molecular weight is 328 g/mol. The molecule has 126 valence electrons. The van der Waals surface area contributed by atoms with E-state index in [9.17, 15) is 9.18 Å². The lowest BCUT2D eigenvalue weighted by atomic mass is 9.78. The van der Waals surface area contributed by atoms with Gasteiger partial charge in [-0.05, 0) is 48.9 Å². The molecule has 2 heterocycles.